The monoisotopic (exact) mass is 863 g/mol. The Morgan fingerprint density at radius 3 is 2.05 bits per heavy atom. The molecule has 14 rings (SSSR count). The summed E-state index contributed by atoms with van der Waals surface area (Å²) in [6.45, 7) is 6.79. The van der Waals surface area contributed by atoms with Crippen LogP contribution in [0, 0.1) is 0 Å². The second kappa shape index (κ2) is 13.9. The summed E-state index contributed by atoms with van der Waals surface area (Å²) in [5.74, 6) is 0.867. The Kier molecular flexibility index (Phi) is 7.89. The van der Waals surface area contributed by atoms with Crippen LogP contribution < -0.4 is 16.2 Å². The molecule has 66 heavy (non-hydrogen) atoms. The van der Waals surface area contributed by atoms with Crippen molar-refractivity contribution in [3.63, 3.8) is 0 Å². The number of anilines is 2. The van der Waals surface area contributed by atoms with Crippen molar-refractivity contribution in [1.82, 2.24) is 4.57 Å². The Morgan fingerprint density at radius 1 is 0.515 bits per heavy atom. The van der Waals surface area contributed by atoms with Crippen molar-refractivity contribution in [2.45, 2.75) is 26.2 Å². The summed E-state index contributed by atoms with van der Waals surface area (Å²) in [5, 5.41) is 12.2. The molecule has 311 valence electrons. The number of para-hydroxylation sites is 1. The van der Waals surface area contributed by atoms with Gasteiger partial charge in [-0.3, -0.25) is 0 Å². The molecule has 0 saturated carbocycles. The van der Waals surface area contributed by atoms with Gasteiger partial charge in [0.05, 0.1) is 5.52 Å². The van der Waals surface area contributed by atoms with E-state index in [0.717, 1.165) is 94.5 Å². The van der Waals surface area contributed by atoms with Crippen molar-refractivity contribution in [1.29, 1.82) is 0 Å². The van der Waals surface area contributed by atoms with Crippen LogP contribution in [-0.4, -0.2) is 11.8 Å². The zero-order valence-corrected chi connectivity index (χ0v) is 37.4. The zero-order valence-electron chi connectivity index (χ0n) is 36.6. The smallest absolute Gasteiger partial charge is 0.198 e. The maximum atomic E-state index is 6.98. The first kappa shape index (κ1) is 37.6. The van der Waals surface area contributed by atoms with Crippen molar-refractivity contribution in [3.05, 3.63) is 188 Å². The van der Waals surface area contributed by atoms with Gasteiger partial charge in [-0.2, -0.15) is 0 Å². The average molecular weight is 864 g/mol. The molecule has 6 heteroatoms. The standard InChI is InChI=1S/C60H40BN2O2S/c1-60(2,3)36-22-24-37(25-23-36)62-48-32-55-45(39-19-11-13-21-54(39)66-55)28-42(48)40-26-27-41-43-29-44-38-18-10-12-20-51(38)64-53(44)33-49(43)63-50-30-46-52(31-47(50)61-57(40)58(41)63)65-59(35-16-8-5-9-17-35)56(46)34-14-6-4-7-15-34/h4-33,62H,1-3H3. The number of benzene rings is 9. The van der Waals surface area contributed by atoms with Gasteiger partial charge in [0.25, 0.3) is 0 Å². The third kappa shape index (κ3) is 5.58. The van der Waals surface area contributed by atoms with E-state index in [0.29, 0.717) is 0 Å². The number of nitrogens with zero attached hydrogens (tertiary/aromatic N) is 1. The van der Waals surface area contributed by atoms with Crippen LogP contribution in [0.1, 0.15) is 26.3 Å². The Morgan fingerprint density at radius 2 is 1.24 bits per heavy atom. The Hall–Kier alpha value is -7.80. The van der Waals surface area contributed by atoms with Crippen LogP contribution >= 0.6 is 11.3 Å². The highest BCUT2D eigenvalue weighted by Gasteiger charge is 2.30. The fraction of sp³-hybridized carbons (Fsp3) is 0.0667. The molecule has 13 aromatic rings. The predicted molar refractivity (Wildman–Crippen MR) is 280 cm³/mol. The van der Waals surface area contributed by atoms with Crippen molar-refractivity contribution < 1.29 is 8.83 Å². The Bertz CT molecular complexity index is 4130. The fourth-order valence-corrected chi connectivity index (χ4v) is 11.7. The van der Waals surface area contributed by atoms with E-state index in [1.165, 1.54) is 47.5 Å². The normalized spacial score (nSPS) is 12.6. The number of thiophene rings is 1. The van der Waals surface area contributed by atoms with Crippen molar-refractivity contribution in [2.24, 2.45) is 0 Å². The van der Waals surface area contributed by atoms with Crippen LogP contribution in [0.2, 0.25) is 0 Å². The van der Waals surface area contributed by atoms with Gasteiger partial charge in [-0.25, -0.2) is 0 Å². The van der Waals surface area contributed by atoms with Gasteiger partial charge in [0, 0.05) is 92.4 Å². The lowest BCUT2D eigenvalue weighted by atomic mass is 9.59. The van der Waals surface area contributed by atoms with Gasteiger partial charge in [0.2, 0.25) is 0 Å². The molecule has 4 nitrogen and oxygen atoms in total. The summed E-state index contributed by atoms with van der Waals surface area (Å²) in [4.78, 5) is 0. The molecule has 5 heterocycles. The second-order valence-corrected chi connectivity index (χ2v) is 19.8. The van der Waals surface area contributed by atoms with Gasteiger partial charge < -0.3 is 18.7 Å². The number of hydrogen-bond acceptors (Lipinski definition) is 4. The number of nitrogens with one attached hydrogen (secondary N) is 1. The molecule has 0 atom stereocenters. The van der Waals surface area contributed by atoms with E-state index in [2.05, 4.69) is 214 Å². The van der Waals surface area contributed by atoms with Crippen LogP contribution in [0.4, 0.5) is 11.4 Å². The maximum absolute atomic E-state index is 6.98. The summed E-state index contributed by atoms with van der Waals surface area (Å²) in [7, 11) is 2.40. The molecule has 9 aromatic carbocycles. The van der Waals surface area contributed by atoms with E-state index in [1.54, 1.807) is 0 Å². The highest BCUT2D eigenvalue weighted by molar-refractivity contribution is 7.25. The van der Waals surface area contributed by atoms with E-state index in [9.17, 15) is 0 Å². The highest BCUT2D eigenvalue weighted by Crippen LogP contribution is 2.46. The second-order valence-electron chi connectivity index (χ2n) is 18.8. The quantitative estimate of drug-likeness (QED) is 0.175. The summed E-state index contributed by atoms with van der Waals surface area (Å²) in [6.07, 6.45) is 0. The van der Waals surface area contributed by atoms with Crippen LogP contribution in [0.3, 0.4) is 0 Å². The number of hydrogen-bond donors (Lipinski definition) is 1. The third-order valence-corrected chi connectivity index (χ3v) is 14.9. The van der Waals surface area contributed by atoms with E-state index < -0.39 is 0 Å². The molecule has 0 aliphatic carbocycles. The minimum Gasteiger partial charge on any atom is -0.456 e. The Balaban J connectivity index is 1.07. The van der Waals surface area contributed by atoms with Crippen molar-refractivity contribution in [3.8, 4) is 39.3 Å². The first-order chi connectivity index (χ1) is 32.3. The molecule has 0 fully saturated rings. The first-order valence-corrected chi connectivity index (χ1v) is 23.5. The van der Waals surface area contributed by atoms with Crippen LogP contribution in [-0.2, 0) is 5.41 Å². The molecule has 1 N–H and O–H groups in total. The lowest BCUT2D eigenvalue weighted by Crippen LogP contribution is -2.37. The van der Waals surface area contributed by atoms with E-state index in [1.807, 2.05) is 17.4 Å². The third-order valence-electron chi connectivity index (χ3n) is 13.8. The molecule has 0 saturated heterocycles. The SMILES string of the molecule is CC(C)(C)c1ccc(Nc2cc3sc4ccccc4c3cc2-c2ccc3c4cc5c(cc4n4c3c2[B]c2cc3oc(-c6ccccc6)c(-c6ccccc6)c3cc2-4)oc2ccccc25)cc1. The fourth-order valence-electron chi connectivity index (χ4n) is 10.6. The summed E-state index contributed by atoms with van der Waals surface area (Å²) >= 11 is 1.85. The van der Waals surface area contributed by atoms with Crippen LogP contribution in [0.5, 0.6) is 0 Å². The predicted octanol–water partition coefficient (Wildman–Crippen LogP) is 15.8. The molecule has 1 aliphatic heterocycles. The number of furan rings is 2. The van der Waals surface area contributed by atoms with Gasteiger partial charge in [-0.1, -0.05) is 148 Å². The largest absolute Gasteiger partial charge is 0.456 e. The molecular weight excluding hydrogens is 824 g/mol. The first-order valence-electron chi connectivity index (χ1n) is 22.6. The zero-order chi connectivity index (χ0) is 43.8. The number of fused-ring (bicyclic) bond motifs is 12. The van der Waals surface area contributed by atoms with Crippen molar-refractivity contribution in [2.75, 3.05) is 5.32 Å². The van der Waals surface area contributed by atoms with Crippen molar-refractivity contribution >= 4 is 116 Å². The topological polar surface area (TPSA) is 43.2 Å². The lowest BCUT2D eigenvalue weighted by Gasteiger charge is -2.24. The number of rotatable bonds is 5. The molecule has 1 aliphatic rings. The molecule has 0 spiro atoms. The molecule has 1 radical (unpaired) electrons. The van der Waals surface area contributed by atoms with Gasteiger partial charge in [-0.05, 0) is 82.2 Å². The summed E-state index contributed by atoms with van der Waals surface area (Å²) < 4.78 is 18.6. The average Bonchev–Trinajstić information content (AvgIpc) is 4.10. The molecule has 0 unspecified atom stereocenters. The van der Waals surface area contributed by atoms with E-state index in [-0.39, 0.29) is 5.41 Å². The summed E-state index contributed by atoms with van der Waals surface area (Å²) in [6, 6.07) is 65.9. The highest BCUT2D eigenvalue weighted by atomic mass is 32.1. The van der Waals surface area contributed by atoms with Gasteiger partial charge in [0.1, 0.15) is 22.5 Å². The minimum absolute atomic E-state index is 0.0610. The molecule has 0 amide bonds. The van der Waals surface area contributed by atoms with Gasteiger partial charge in [0.15, 0.2) is 7.28 Å². The maximum Gasteiger partial charge on any atom is 0.198 e. The van der Waals surface area contributed by atoms with E-state index >= 15 is 0 Å². The molecule has 4 aromatic heterocycles. The van der Waals surface area contributed by atoms with Gasteiger partial charge >= 0.3 is 0 Å². The van der Waals surface area contributed by atoms with E-state index in [4.69, 9.17) is 8.83 Å². The summed E-state index contributed by atoms with van der Waals surface area (Å²) in [5.41, 5.74) is 17.3. The Labute approximate surface area is 385 Å². The number of aromatic nitrogens is 1. The van der Waals surface area contributed by atoms with Crippen LogP contribution in [0.25, 0.3) is 114 Å². The lowest BCUT2D eigenvalue weighted by molar-refractivity contribution is 0.590. The minimum atomic E-state index is 0.0610. The molecule has 0 bridgehead atoms. The molecular formula is C60H40BN2O2S. The van der Waals surface area contributed by atoms with Crippen LogP contribution in [0.15, 0.2) is 191 Å². The van der Waals surface area contributed by atoms with Gasteiger partial charge in [-0.15, -0.1) is 11.3 Å².